The maximum Gasteiger partial charge on any atom is 0.415 e. The van der Waals surface area contributed by atoms with E-state index in [4.69, 9.17) is 19.9 Å². The number of amides is 2. The molecule has 1 heterocycles. The van der Waals surface area contributed by atoms with Crippen molar-refractivity contribution < 1.29 is 28.6 Å². The number of rotatable bonds is 6. The quantitative estimate of drug-likeness (QED) is 0.564. The molecular weight excluding hydrogens is 400 g/mol. The Labute approximate surface area is 180 Å². The van der Waals surface area contributed by atoms with Crippen molar-refractivity contribution in [3.8, 4) is 5.75 Å². The molecule has 2 N–H and O–H groups in total. The molecule has 3 rings (SSSR count). The van der Waals surface area contributed by atoms with E-state index in [2.05, 4.69) is 6.58 Å². The molecule has 0 saturated heterocycles. The number of allylic oxidation sites excluding steroid dienone is 1. The molecule has 162 valence electrons. The lowest BCUT2D eigenvalue weighted by Gasteiger charge is -2.34. The van der Waals surface area contributed by atoms with Crippen molar-refractivity contribution in [1.82, 2.24) is 4.90 Å². The summed E-state index contributed by atoms with van der Waals surface area (Å²) < 4.78 is 15.9. The van der Waals surface area contributed by atoms with Crippen LogP contribution in [0.15, 0.2) is 54.8 Å². The Balaban J connectivity index is 1.80. The third kappa shape index (κ3) is 5.03. The summed E-state index contributed by atoms with van der Waals surface area (Å²) in [6.07, 6.45) is -0.133. The fourth-order valence-corrected chi connectivity index (χ4v) is 3.44. The molecule has 8 nitrogen and oxygen atoms in total. The Hall–Kier alpha value is -3.81. The molecule has 2 aromatic rings. The zero-order valence-electron chi connectivity index (χ0n) is 17.4. The molecule has 2 aromatic carbocycles. The molecule has 1 atom stereocenters. The number of fused-ring (bicyclic) bond motifs is 1. The van der Waals surface area contributed by atoms with Crippen LogP contribution in [0.1, 0.15) is 40.0 Å². The number of esters is 1. The van der Waals surface area contributed by atoms with Gasteiger partial charge in [0.05, 0.1) is 12.9 Å². The number of carbonyl (C=O) groups excluding carboxylic acids is 3. The van der Waals surface area contributed by atoms with Crippen LogP contribution in [-0.2, 0) is 27.3 Å². The third-order valence-corrected chi connectivity index (χ3v) is 4.88. The minimum Gasteiger partial charge on any atom is -0.489 e. The van der Waals surface area contributed by atoms with E-state index in [1.807, 2.05) is 12.1 Å². The lowest BCUT2D eigenvalue weighted by molar-refractivity contribution is -0.147. The van der Waals surface area contributed by atoms with Crippen LogP contribution in [0.5, 0.6) is 5.75 Å². The average Bonchev–Trinajstić information content (AvgIpc) is 2.75. The molecule has 0 aliphatic carbocycles. The summed E-state index contributed by atoms with van der Waals surface area (Å²) in [6, 6.07) is 11.3. The first kappa shape index (κ1) is 21.9. The second kappa shape index (κ2) is 9.34. The Bertz CT molecular complexity index is 1030. The number of nitrogens with two attached hydrogens (primary N) is 1. The van der Waals surface area contributed by atoms with Gasteiger partial charge in [-0.2, -0.15) is 0 Å². The highest BCUT2D eigenvalue weighted by molar-refractivity contribution is 5.92. The zero-order chi connectivity index (χ0) is 22.5. The molecule has 1 unspecified atom stereocenters. The minimum atomic E-state index is -0.915. The van der Waals surface area contributed by atoms with E-state index in [0.717, 1.165) is 11.1 Å². The SMILES string of the molecule is C=C(C)OC(=O)N1CCc2cc(OCc3cccc(C(N)=O)c3)ccc2C1C(=O)OC. The molecule has 0 spiro atoms. The highest BCUT2D eigenvalue weighted by atomic mass is 16.6. The van der Waals surface area contributed by atoms with E-state index in [0.29, 0.717) is 23.3 Å². The van der Waals surface area contributed by atoms with Crippen molar-refractivity contribution in [2.45, 2.75) is 26.0 Å². The van der Waals surface area contributed by atoms with Gasteiger partial charge < -0.3 is 19.9 Å². The van der Waals surface area contributed by atoms with Crippen LogP contribution in [0.25, 0.3) is 0 Å². The average molecular weight is 424 g/mol. The van der Waals surface area contributed by atoms with Crippen LogP contribution in [0.2, 0.25) is 0 Å². The smallest absolute Gasteiger partial charge is 0.415 e. The first-order chi connectivity index (χ1) is 14.8. The van der Waals surface area contributed by atoms with Gasteiger partial charge in [-0.05, 0) is 54.3 Å². The molecule has 0 fully saturated rings. The predicted molar refractivity (Wildman–Crippen MR) is 112 cm³/mol. The van der Waals surface area contributed by atoms with Crippen molar-refractivity contribution in [2.24, 2.45) is 5.73 Å². The van der Waals surface area contributed by atoms with Gasteiger partial charge in [-0.15, -0.1) is 0 Å². The van der Waals surface area contributed by atoms with Gasteiger partial charge >= 0.3 is 12.1 Å². The molecule has 2 amide bonds. The van der Waals surface area contributed by atoms with Crippen LogP contribution >= 0.6 is 0 Å². The second-order valence-corrected chi connectivity index (χ2v) is 7.15. The third-order valence-electron chi connectivity index (χ3n) is 4.88. The van der Waals surface area contributed by atoms with Gasteiger partial charge in [0.25, 0.3) is 0 Å². The summed E-state index contributed by atoms with van der Waals surface area (Å²) in [7, 11) is 1.27. The summed E-state index contributed by atoms with van der Waals surface area (Å²) in [5.41, 5.74) is 8.05. The summed E-state index contributed by atoms with van der Waals surface area (Å²) >= 11 is 0. The van der Waals surface area contributed by atoms with Gasteiger partial charge in [-0.1, -0.05) is 24.8 Å². The van der Waals surface area contributed by atoms with Crippen molar-refractivity contribution in [1.29, 1.82) is 0 Å². The summed E-state index contributed by atoms with van der Waals surface area (Å²) in [6.45, 7) is 5.66. The second-order valence-electron chi connectivity index (χ2n) is 7.15. The van der Waals surface area contributed by atoms with Gasteiger partial charge in [0.2, 0.25) is 5.91 Å². The molecule has 0 saturated carbocycles. The molecule has 8 heteroatoms. The van der Waals surface area contributed by atoms with E-state index in [1.54, 1.807) is 37.3 Å². The van der Waals surface area contributed by atoms with Crippen molar-refractivity contribution in [2.75, 3.05) is 13.7 Å². The number of ether oxygens (including phenoxy) is 3. The highest BCUT2D eigenvalue weighted by Gasteiger charge is 2.38. The number of benzene rings is 2. The van der Waals surface area contributed by atoms with Crippen LogP contribution < -0.4 is 10.5 Å². The number of carbonyl (C=O) groups is 3. The van der Waals surface area contributed by atoms with Crippen molar-refractivity contribution in [3.63, 3.8) is 0 Å². The number of nitrogens with zero attached hydrogens (tertiary/aromatic N) is 1. The van der Waals surface area contributed by atoms with Gasteiger partial charge in [0, 0.05) is 12.1 Å². The fourth-order valence-electron chi connectivity index (χ4n) is 3.44. The van der Waals surface area contributed by atoms with Gasteiger partial charge in [0.1, 0.15) is 12.4 Å². The molecular formula is C23H24N2O6. The molecule has 31 heavy (non-hydrogen) atoms. The number of methoxy groups -OCH3 is 1. The highest BCUT2D eigenvalue weighted by Crippen LogP contribution is 2.34. The maximum atomic E-state index is 12.4. The van der Waals surface area contributed by atoms with Crippen LogP contribution in [-0.4, -0.2) is 36.5 Å². The zero-order valence-corrected chi connectivity index (χ0v) is 17.4. The van der Waals surface area contributed by atoms with Gasteiger partial charge in [0.15, 0.2) is 6.04 Å². The van der Waals surface area contributed by atoms with E-state index in [-0.39, 0.29) is 18.9 Å². The lowest BCUT2D eigenvalue weighted by atomic mass is 9.92. The molecule has 1 aliphatic rings. The predicted octanol–water partition coefficient (Wildman–Crippen LogP) is 3.11. The van der Waals surface area contributed by atoms with E-state index in [1.165, 1.54) is 12.0 Å². The summed E-state index contributed by atoms with van der Waals surface area (Å²) in [5, 5.41) is 0. The number of primary amides is 1. The normalized spacial score (nSPS) is 14.9. The standard InChI is InChI=1S/C23H24N2O6/c1-14(2)31-23(28)25-10-9-16-12-18(7-8-19(16)20(25)22(27)29-3)30-13-15-5-4-6-17(11-15)21(24)26/h4-8,11-12,20H,1,9-10,13H2,2-3H3,(H2,24,26). The van der Waals surface area contributed by atoms with E-state index in [9.17, 15) is 14.4 Å². The van der Waals surface area contributed by atoms with E-state index >= 15 is 0 Å². The fraction of sp³-hybridized carbons (Fsp3) is 0.261. The summed E-state index contributed by atoms with van der Waals surface area (Å²) in [5.74, 6) is -0.218. The minimum absolute atomic E-state index is 0.239. The first-order valence-electron chi connectivity index (χ1n) is 9.66. The van der Waals surface area contributed by atoms with Gasteiger partial charge in [-0.3, -0.25) is 9.69 Å². The Kier molecular flexibility index (Phi) is 6.59. The Morgan fingerprint density at radius 3 is 2.65 bits per heavy atom. The number of hydrogen-bond acceptors (Lipinski definition) is 6. The van der Waals surface area contributed by atoms with E-state index < -0.39 is 24.0 Å². The molecule has 0 bridgehead atoms. The van der Waals surface area contributed by atoms with Crippen LogP contribution in [0.4, 0.5) is 4.79 Å². The van der Waals surface area contributed by atoms with Crippen molar-refractivity contribution >= 4 is 18.0 Å². The number of hydrogen-bond donors (Lipinski definition) is 1. The topological polar surface area (TPSA) is 108 Å². The maximum absolute atomic E-state index is 12.4. The summed E-state index contributed by atoms with van der Waals surface area (Å²) in [4.78, 5) is 37.5. The molecule has 1 aliphatic heterocycles. The van der Waals surface area contributed by atoms with Gasteiger partial charge in [-0.25, -0.2) is 9.59 Å². The lowest BCUT2D eigenvalue weighted by Crippen LogP contribution is -2.44. The van der Waals surface area contributed by atoms with Crippen LogP contribution in [0, 0.1) is 0 Å². The first-order valence-corrected chi connectivity index (χ1v) is 9.66. The van der Waals surface area contributed by atoms with Crippen LogP contribution in [0.3, 0.4) is 0 Å². The molecule has 0 radical (unpaired) electrons. The van der Waals surface area contributed by atoms with Crippen molar-refractivity contribution in [3.05, 3.63) is 77.1 Å². The largest absolute Gasteiger partial charge is 0.489 e. The monoisotopic (exact) mass is 424 g/mol. The molecule has 0 aromatic heterocycles. The Morgan fingerprint density at radius 2 is 1.97 bits per heavy atom. The Morgan fingerprint density at radius 1 is 1.19 bits per heavy atom.